The van der Waals surface area contributed by atoms with E-state index in [0.29, 0.717) is 31.3 Å². The van der Waals surface area contributed by atoms with Crippen molar-refractivity contribution in [1.82, 2.24) is 40.1 Å². The second-order valence-corrected chi connectivity index (χ2v) is 6.54. The average molecular weight is 368 g/mol. The molecule has 1 fully saturated rings. The van der Waals surface area contributed by atoms with E-state index in [1.807, 2.05) is 36.1 Å². The predicted octanol–water partition coefficient (Wildman–Crippen LogP) is 0.376. The van der Waals surface area contributed by atoms with Gasteiger partial charge in [0.05, 0.1) is 6.54 Å². The second-order valence-electron chi connectivity index (χ2n) is 6.54. The van der Waals surface area contributed by atoms with Gasteiger partial charge in [0.1, 0.15) is 12.9 Å². The highest BCUT2D eigenvalue weighted by molar-refractivity contribution is 5.76. The fourth-order valence-corrected chi connectivity index (χ4v) is 2.98. The first-order valence-corrected chi connectivity index (χ1v) is 8.78. The Kier molecular flexibility index (Phi) is 4.88. The monoisotopic (exact) mass is 368 g/mol. The summed E-state index contributed by atoms with van der Waals surface area (Å²) in [4.78, 5) is 20.8. The van der Waals surface area contributed by atoms with E-state index in [9.17, 15) is 4.79 Å². The summed E-state index contributed by atoms with van der Waals surface area (Å²) in [7, 11) is 0. The molecule has 0 N–H and O–H groups in total. The second kappa shape index (κ2) is 7.62. The molecule has 1 amide bonds. The highest BCUT2D eigenvalue weighted by Crippen LogP contribution is 2.17. The van der Waals surface area contributed by atoms with Gasteiger partial charge in [-0.3, -0.25) is 9.69 Å². The number of nitrogens with zero attached hydrogens (tertiary/aromatic N) is 8. The Hall–Kier alpha value is -3.14. The molecule has 0 spiro atoms. The highest BCUT2D eigenvalue weighted by atomic mass is 16.5. The van der Waals surface area contributed by atoms with Crippen LogP contribution >= 0.6 is 0 Å². The van der Waals surface area contributed by atoms with Gasteiger partial charge in [-0.05, 0) is 17.4 Å². The lowest BCUT2D eigenvalue weighted by atomic mass is 10.1. The minimum Gasteiger partial charge on any atom is -0.339 e. The van der Waals surface area contributed by atoms with Gasteiger partial charge in [-0.1, -0.05) is 35.0 Å². The number of hydrogen-bond acceptors (Lipinski definition) is 8. The summed E-state index contributed by atoms with van der Waals surface area (Å²) in [6, 6.07) is 8.02. The van der Waals surface area contributed by atoms with Gasteiger partial charge in [0, 0.05) is 31.7 Å². The van der Waals surface area contributed by atoms with Crippen molar-refractivity contribution in [3.63, 3.8) is 0 Å². The molecule has 4 rings (SSSR count). The first-order chi connectivity index (χ1) is 13.2. The highest BCUT2D eigenvalue weighted by Gasteiger charge is 2.23. The fraction of sp³-hybridized carbons (Fsp3) is 0.412. The normalized spacial score (nSPS) is 15.2. The maximum atomic E-state index is 12.3. The third-order valence-electron chi connectivity index (χ3n) is 4.55. The first-order valence-electron chi connectivity index (χ1n) is 8.78. The predicted molar refractivity (Wildman–Crippen MR) is 94.1 cm³/mol. The van der Waals surface area contributed by atoms with Crippen molar-refractivity contribution in [1.29, 1.82) is 0 Å². The van der Waals surface area contributed by atoms with Crippen LogP contribution in [0, 0.1) is 6.92 Å². The molecular weight excluding hydrogens is 348 g/mol. The van der Waals surface area contributed by atoms with Crippen LogP contribution in [0.15, 0.2) is 35.1 Å². The summed E-state index contributed by atoms with van der Waals surface area (Å²) in [5.41, 5.74) is 2.13. The van der Waals surface area contributed by atoms with Gasteiger partial charge in [-0.15, -0.1) is 5.10 Å². The van der Waals surface area contributed by atoms with E-state index >= 15 is 0 Å². The van der Waals surface area contributed by atoms with Crippen LogP contribution in [0.1, 0.15) is 11.5 Å². The van der Waals surface area contributed by atoms with Gasteiger partial charge < -0.3 is 9.42 Å². The lowest BCUT2D eigenvalue weighted by molar-refractivity contribution is -0.133. The Morgan fingerprint density at radius 1 is 1.15 bits per heavy atom. The maximum absolute atomic E-state index is 12.3. The third-order valence-corrected chi connectivity index (χ3v) is 4.55. The summed E-state index contributed by atoms with van der Waals surface area (Å²) >= 11 is 0. The Morgan fingerprint density at radius 3 is 2.63 bits per heavy atom. The SMILES string of the molecule is Cc1ccc(-c2noc(CN3CCN(C(=O)Cn4cnnn4)CC3)n2)cc1. The smallest absolute Gasteiger partial charge is 0.244 e. The standard InChI is InChI=1S/C17H20N8O2/c1-13-2-4-14(5-3-13)17-19-15(27-20-17)10-23-6-8-24(9-7-23)16(26)11-25-12-18-21-22-25/h2-5,12H,6-11H2,1H3. The minimum absolute atomic E-state index is 0.0152. The van der Waals surface area contributed by atoms with E-state index in [2.05, 4.69) is 30.6 Å². The van der Waals surface area contributed by atoms with Crippen molar-refractivity contribution in [3.05, 3.63) is 42.0 Å². The number of rotatable bonds is 5. The van der Waals surface area contributed by atoms with E-state index in [1.165, 1.54) is 16.6 Å². The van der Waals surface area contributed by atoms with Crippen molar-refractivity contribution in [3.8, 4) is 11.4 Å². The molecule has 1 aliphatic heterocycles. The van der Waals surface area contributed by atoms with Gasteiger partial charge in [0.15, 0.2) is 0 Å². The van der Waals surface area contributed by atoms with Crippen LogP contribution in [0.2, 0.25) is 0 Å². The molecule has 3 aromatic rings. The Balaban J connectivity index is 1.29. The summed E-state index contributed by atoms with van der Waals surface area (Å²) in [6.45, 7) is 5.59. The summed E-state index contributed by atoms with van der Waals surface area (Å²) < 4.78 is 6.82. The molecule has 1 aliphatic rings. The number of tetrazole rings is 1. The van der Waals surface area contributed by atoms with Crippen LogP contribution in [-0.4, -0.2) is 72.2 Å². The molecule has 27 heavy (non-hydrogen) atoms. The van der Waals surface area contributed by atoms with Crippen molar-refractivity contribution in [2.45, 2.75) is 20.0 Å². The molecule has 0 saturated carbocycles. The molecule has 1 aromatic carbocycles. The van der Waals surface area contributed by atoms with E-state index in [-0.39, 0.29) is 12.5 Å². The Morgan fingerprint density at radius 2 is 1.93 bits per heavy atom. The van der Waals surface area contributed by atoms with Gasteiger partial charge in [-0.2, -0.15) is 4.98 Å². The molecule has 0 atom stereocenters. The number of amides is 1. The molecular formula is C17H20N8O2. The number of aromatic nitrogens is 6. The summed E-state index contributed by atoms with van der Waals surface area (Å²) in [6.07, 6.45) is 1.44. The van der Waals surface area contributed by atoms with Crippen LogP contribution in [0.5, 0.6) is 0 Å². The molecule has 140 valence electrons. The van der Waals surface area contributed by atoms with Crippen molar-refractivity contribution in [2.75, 3.05) is 26.2 Å². The number of carbonyl (C=O) groups is 1. The van der Waals surface area contributed by atoms with E-state index in [4.69, 9.17) is 4.52 Å². The van der Waals surface area contributed by atoms with Crippen LogP contribution in [0.4, 0.5) is 0 Å². The van der Waals surface area contributed by atoms with Crippen molar-refractivity contribution in [2.24, 2.45) is 0 Å². The number of benzene rings is 1. The quantitative estimate of drug-likeness (QED) is 0.636. The maximum Gasteiger partial charge on any atom is 0.244 e. The zero-order chi connectivity index (χ0) is 18.6. The van der Waals surface area contributed by atoms with Crippen molar-refractivity contribution >= 4 is 5.91 Å². The molecule has 10 nitrogen and oxygen atoms in total. The average Bonchev–Trinajstić information content (AvgIpc) is 3.35. The molecule has 1 saturated heterocycles. The number of hydrogen-bond donors (Lipinski definition) is 0. The summed E-state index contributed by atoms with van der Waals surface area (Å²) in [5.74, 6) is 1.20. The molecule has 0 unspecified atom stereocenters. The Bertz CT molecular complexity index is 882. The van der Waals surface area contributed by atoms with Crippen LogP contribution < -0.4 is 0 Å². The topological polar surface area (TPSA) is 106 Å². The van der Waals surface area contributed by atoms with E-state index < -0.39 is 0 Å². The number of aryl methyl sites for hydroxylation is 1. The zero-order valence-corrected chi connectivity index (χ0v) is 15.0. The molecule has 3 heterocycles. The van der Waals surface area contributed by atoms with E-state index in [0.717, 1.165) is 18.7 Å². The zero-order valence-electron chi connectivity index (χ0n) is 15.0. The van der Waals surface area contributed by atoms with Crippen LogP contribution in [0.3, 0.4) is 0 Å². The van der Waals surface area contributed by atoms with Crippen molar-refractivity contribution < 1.29 is 9.32 Å². The lowest BCUT2D eigenvalue weighted by Gasteiger charge is -2.33. The van der Waals surface area contributed by atoms with Gasteiger partial charge in [-0.25, -0.2) is 4.68 Å². The van der Waals surface area contributed by atoms with Crippen LogP contribution in [-0.2, 0) is 17.9 Å². The van der Waals surface area contributed by atoms with Gasteiger partial charge in [0.2, 0.25) is 17.6 Å². The van der Waals surface area contributed by atoms with E-state index in [1.54, 1.807) is 0 Å². The molecule has 0 radical (unpaired) electrons. The van der Waals surface area contributed by atoms with Gasteiger partial charge in [0.25, 0.3) is 0 Å². The van der Waals surface area contributed by atoms with Crippen LogP contribution in [0.25, 0.3) is 11.4 Å². The third kappa shape index (κ3) is 4.17. The summed E-state index contributed by atoms with van der Waals surface area (Å²) in [5, 5.41) is 14.9. The molecule has 0 bridgehead atoms. The molecule has 10 heteroatoms. The lowest BCUT2D eigenvalue weighted by Crippen LogP contribution is -2.49. The first kappa shape index (κ1) is 17.3. The largest absolute Gasteiger partial charge is 0.339 e. The molecule has 2 aromatic heterocycles. The number of piperazine rings is 1. The minimum atomic E-state index is 0.0152. The molecule has 0 aliphatic carbocycles. The number of carbonyl (C=O) groups excluding carboxylic acids is 1. The fourth-order valence-electron chi connectivity index (χ4n) is 2.98. The van der Waals surface area contributed by atoms with Gasteiger partial charge >= 0.3 is 0 Å². The Labute approximate surface area is 155 Å².